The SMILES string of the molecule is CC[NH+](CC)CCCN1C(=O)C(=O)C(=C([O-])c2c(C)[nH]c(C(=O)OC)c2C)C1c1ccc([N+](=O)[O-])cc1. The van der Waals surface area contributed by atoms with Gasteiger partial charge in [-0.25, -0.2) is 4.79 Å². The molecule has 1 unspecified atom stereocenters. The molecule has 0 bridgehead atoms. The maximum Gasteiger partial charge on any atom is 0.354 e. The number of amides is 1. The summed E-state index contributed by atoms with van der Waals surface area (Å²) in [5, 5.41) is 25.0. The van der Waals surface area contributed by atoms with E-state index in [0.717, 1.165) is 19.6 Å². The number of hydrogen-bond donors (Lipinski definition) is 2. The highest BCUT2D eigenvalue weighted by Gasteiger charge is 2.44. The molecule has 0 saturated carbocycles. The number of rotatable bonds is 10. The van der Waals surface area contributed by atoms with E-state index in [4.69, 9.17) is 4.74 Å². The van der Waals surface area contributed by atoms with Crippen molar-refractivity contribution in [2.75, 3.05) is 33.3 Å². The molecule has 11 nitrogen and oxygen atoms in total. The molecule has 0 spiro atoms. The van der Waals surface area contributed by atoms with E-state index in [-0.39, 0.29) is 29.1 Å². The Labute approximate surface area is 214 Å². The minimum atomic E-state index is -1.00. The van der Waals surface area contributed by atoms with Crippen LogP contribution in [0.2, 0.25) is 0 Å². The summed E-state index contributed by atoms with van der Waals surface area (Å²) in [5.74, 6) is -3.03. The average Bonchev–Trinajstić information content (AvgIpc) is 3.32. The van der Waals surface area contributed by atoms with Crippen LogP contribution in [0.15, 0.2) is 29.8 Å². The highest BCUT2D eigenvalue weighted by Crippen LogP contribution is 2.40. The Morgan fingerprint density at radius 3 is 2.32 bits per heavy atom. The van der Waals surface area contributed by atoms with Crippen LogP contribution < -0.4 is 10.0 Å². The highest BCUT2D eigenvalue weighted by atomic mass is 16.6. The minimum absolute atomic E-state index is 0.0895. The molecule has 0 radical (unpaired) electrons. The number of nitrogens with one attached hydrogen (secondary N) is 2. The second-order valence-electron chi connectivity index (χ2n) is 9.00. The number of aryl methyl sites for hydroxylation is 1. The number of methoxy groups -OCH3 is 1. The van der Waals surface area contributed by atoms with Crippen LogP contribution in [0, 0.1) is 24.0 Å². The summed E-state index contributed by atoms with van der Waals surface area (Å²) in [5.41, 5.74) is 0.918. The van der Waals surface area contributed by atoms with Crippen LogP contribution >= 0.6 is 0 Å². The third-order valence-corrected chi connectivity index (χ3v) is 6.93. The van der Waals surface area contributed by atoms with E-state index < -0.39 is 34.4 Å². The highest BCUT2D eigenvalue weighted by molar-refractivity contribution is 6.46. The number of esters is 1. The van der Waals surface area contributed by atoms with Crippen molar-refractivity contribution in [2.45, 2.75) is 40.2 Å². The topological polar surface area (TPSA) is 150 Å². The number of hydrogen-bond acceptors (Lipinski definition) is 7. The number of likely N-dealkylation sites (tertiary alicyclic amines) is 1. The number of aromatic amines is 1. The van der Waals surface area contributed by atoms with Crippen molar-refractivity contribution < 1.29 is 34.1 Å². The lowest BCUT2D eigenvalue weighted by molar-refractivity contribution is -0.896. The van der Waals surface area contributed by atoms with Gasteiger partial charge in [0.1, 0.15) is 5.69 Å². The fourth-order valence-electron chi connectivity index (χ4n) is 4.86. The number of H-pyrrole nitrogens is 1. The first-order valence-electron chi connectivity index (χ1n) is 12.2. The molecule has 1 aromatic carbocycles. The first-order chi connectivity index (χ1) is 17.6. The second-order valence-corrected chi connectivity index (χ2v) is 9.00. The zero-order valence-electron chi connectivity index (χ0n) is 21.7. The fourth-order valence-corrected chi connectivity index (χ4v) is 4.86. The zero-order chi connectivity index (χ0) is 27.4. The van der Waals surface area contributed by atoms with Gasteiger partial charge >= 0.3 is 5.97 Å². The number of ketones is 1. The van der Waals surface area contributed by atoms with Gasteiger partial charge in [0.2, 0.25) is 5.78 Å². The van der Waals surface area contributed by atoms with E-state index in [1.807, 2.05) is 0 Å². The third kappa shape index (κ3) is 5.26. The quantitative estimate of drug-likeness (QED) is 0.120. The van der Waals surface area contributed by atoms with Crippen molar-refractivity contribution in [2.24, 2.45) is 0 Å². The number of benzene rings is 1. The predicted octanol–water partition coefficient (Wildman–Crippen LogP) is 0.865. The van der Waals surface area contributed by atoms with Crippen LogP contribution in [0.5, 0.6) is 0 Å². The molecule has 0 aliphatic carbocycles. The van der Waals surface area contributed by atoms with Gasteiger partial charge in [0, 0.05) is 36.4 Å². The van der Waals surface area contributed by atoms with Gasteiger partial charge in [-0.2, -0.15) is 0 Å². The first kappa shape index (κ1) is 27.6. The monoisotopic (exact) mass is 512 g/mol. The number of ether oxygens (including phenoxy) is 1. The molecule has 2 heterocycles. The second kappa shape index (κ2) is 11.4. The maximum absolute atomic E-state index is 13.8. The van der Waals surface area contributed by atoms with E-state index in [2.05, 4.69) is 18.8 Å². The molecule has 1 saturated heterocycles. The van der Waals surface area contributed by atoms with Crippen LogP contribution in [0.4, 0.5) is 5.69 Å². The van der Waals surface area contributed by atoms with Crippen molar-refractivity contribution in [3.05, 3.63) is 68.0 Å². The number of nitro benzene ring substituents is 1. The average molecular weight is 513 g/mol. The minimum Gasteiger partial charge on any atom is -0.872 e. The summed E-state index contributed by atoms with van der Waals surface area (Å²) in [6, 6.07) is 4.48. The Kier molecular flexibility index (Phi) is 8.49. The summed E-state index contributed by atoms with van der Waals surface area (Å²) >= 11 is 0. The van der Waals surface area contributed by atoms with E-state index in [1.54, 1.807) is 13.8 Å². The van der Waals surface area contributed by atoms with Gasteiger partial charge < -0.3 is 24.6 Å². The van der Waals surface area contributed by atoms with E-state index in [0.29, 0.717) is 23.2 Å². The predicted molar refractivity (Wildman–Crippen MR) is 133 cm³/mol. The van der Waals surface area contributed by atoms with Crippen LogP contribution in [-0.2, 0) is 14.3 Å². The van der Waals surface area contributed by atoms with Gasteiger partial charge in [-0.1, -0.05) is 5.76 Å². The summed E-state index contributed by atoms with van der Waals surface area (Å²) < 4.78 is 4.77. The fraction of sp³-hybridized carbons (Fsp3) is 0.423. The van der Waals surface area contributed by atoms with E-state index in [9.17, 15) is 29.6 Å². The Bertz CT molecular complexity index is 1240. The summed E-state index contributed by atoms with van der Waals surface area (Å²) in [7, 11) is 1.22. The molecule has 1 atom stereocenters. The Hall–Kier alpha value is -3.99. The van der Waals surface area contributed by atoms with Crippen molar-refractivity contribution >= 4 is 29.1 Å². The number of nitrogens with zero attached hydrogens (tertiary/aromatic N) is 2. The van der Waals surface area contributed by atoms with Crippen molar-refractivity contribution in [1.29, 1.82) is 0 Å². The molecule has 11 heteroatoms. The number of quaternary nitrogens is 1. The third-order valence-electron chi connectivity index (χ3n) is 6.93. The van der Waals surface area contributed by atoms with Crippen molar-refractivity contribution in [3.63, 3.8) is 0 Å². The van der Waals surface area contributed by atoms with Gasteiger partial charge in [0.05, 0.1) is 37.7 Å². The molecule has 3 rings (SSSR count). The van der Waals surface area contributed by atoms with E-state index in [1.165, 1.54) is 41.2 Å². The smallest absolute Gasteiger partial charge is 0.354 e. The Morgan fingerprint density at radius 1 is 1.16 bits per heavy atom. The molecule has 198 valence electrons. The van der Waals surface area contributed by atoms with Crippen LogP contribution in [0.25, 0.3) is 5.76 Å². The van der Waals surface area contributed by atoms with Gasteiger partial charge in [-0.05, 0) is 56.5 Å². The largest absolute Gasteiger partial charge is 0.872 e. The van der Waals surface area contributed by atoms with E-state index >= 15 is 0 Å². The van der Waals surface area contributed by atoms with Crippen molar-refractivity contribution in [3.8, 4) is 0 Å². The Morgan fingerprint density at radius 2 is 1.78 bits per heavy atom. The lowest BCUT2D eigenvalue weighted by Crippen LogP contribution is -3.11. The van der Waals surface area contributed by atoms with Gasteiger partial charge in [-0.15, -0.1) is 0 Å². The number of aromatic nitrogens is 1. The van der Waals surface area contributed by atoms with Gasteiger partial charge in [0.25, 0.3) is 11.6 Å². The number of carbonyl (C=O) groups is 3. The lowest BCUT2D eigenvalue weighted by Gasteiger charge is -2.28. The number of non-ortho nitro benzene ring substituents is 1. The molecule has 1 aromatic heterocycles. The first-order valence-corrected chi connectivity index (χ1v) is 12.2. The summed E-state index contributed by atoms with van der Waals surface area (Å²) in [6.45, 7) is 10.1. The lowest BCUT2D eigenvalue weighted by atomic mass is 9.94. The molecule has 1 fully saturated rings. The molecule has 1 aliphatic heterocycles. The molecule has 1 aliphatic rings. The molecule has 1 amide bonds. The zero-order valence-corrected chi connectivity index (χ0v) is 21.7. The number of Topliss-reactive ketones (excluding diaryl/α,β-unsaturated/α-hetero) is 1. The maximum atomic E-state index is 13.8. The normalized spacial score (nSPS) is 17.0. The summed E-state index contributed by atoms with van der Waals surface area (Å²) in [4.78, 5) is 54.7. The van der Waals surface area contributed by atoms with Crippen LogP contribution in [0.1, 0.15) is 59.2 Å². The standard InChI is InChI=1S/C26H32N4O7/c1-6-28(7-2)13-8-14-29-22(17-9-11-18(12-10-17)30(35)36)20(24(32)25(29)33)23(31)19-15(3)21(26(34)37-5)27-16(19)4/h9-12,22,27,31H,6-8,13-14H2,1-5H3. The molecule has 37 heavy (non-hydrogen) atoms. The Balaban J connectivity index is 2.14. The molecular formula is C26H32N4O7. The number of nitro groups is 1. The van der Waals surface area contributed by atoms with Gasteiger partial charge in [0.15, 0.2) is 0 Å². The molecule has 2 N–H and O–H groups in total. The molecular weight excluding hydrogens is 480 g/mol. The van der Waals surface area contributed by atoms with Crippen LogP contribution in [0.3, 0.4) is 0 Å². The summed E-state index contributed by atoms with van der Waals surface area (Å²) in [6.07, 6.45) is 0.607. The number of carbonyl (C=O) groups excluding carboxylic acids is 3. The van der Waals surface area contributed by atoms with Crippen molar-refractivity contribution in [1.82, 2.24) is 9.88 Å². The van der Waals surface area contributed by atoms with Gasteiger partial charge in [-0.3, -0.25) is 19.7 Å². The molecule has 2 aromatic rings. The van der Waals surface area contributed by atoms with Crippen LogP contribution in [-0.4, -0.2) is 65.8 Å².